The summed E-state index contributed by atoms with van der Waals surface area (Å²) in [7, 11) is 0. The second-order valence-electron chi connectivity index (χ2n) is 8.21. The highest BCUT2D eigenvalue weighted by molar-refractivity contribution is 5.95. The summed E-state index contributed by atoms with van der Waals surface area (Å²) in [5, 5.41) is 33.0. The molecule has 1 fully saturated rings. The summed E-state index contributed by atoms with van der Waals surface area (Å²) in [6.45, 7) is 1.46. The van der Waals surface area contributed by atoms with Gasteiger partial charge in [0.15, 0.2) is 0 Å². The maximum atomic E-state index is 13.3. The zero-order valence-electron chi connectivity index (χ0n) is 18.7. The van der Waals surface area contributed by atoms with Crippen LogP contribution in [0.1, 0.15) is 31.7 Å². The summed E-state index contributed by atoms with van der Waals surface area (Å²) < 4.78 is 0. The van der Waals surface area contributed by atoms with Crippen molar-refractivity contribution in [1.82, 2.24) is 15.5 Å². The van der Waals surface area contributed by atoms with Crippen LogP contribution in [0.25, 0.3) is 0 Å². The van der Waals surface area contributed by atoms with Crippen LogP contribution in [-0.2, 0) is 30.4 Å². The summed E-state index contributed by atoms with van der Waals surface area (Å²) in [5.74, 6) is -4.91. The van der Waals surface area contributed by atoms with Crippen LogP contribution in [0, 0.1) is 0 Å². The first-order valence-corrected chi connectivity index (χ1v) is 10.8. The Morgan fingerprint density at radius 3 is 2.29 bits per heavy atom. The van der Waals surface area contributed by atoms with Gasteiger partial charge in [-0.2, -0.15) is 0 Å². The van der Waals surface area contributed by atoms with Crippen molar-refractivity contribution in [3.05, 3.63) is 35.9 Å². The lowest BCUT2D eigenvalue weighted by Gasteiger charge is -2.29. The van der Waals surface area contributed by atoms with E-state index in [0.717, 1.165) is 0 Å². The minimum Gasteiger partial charge on any atom is -0.481 e. The monoisotopic (exact) mass is 478 g/mol. The number of likely N-dealkylation sites (tertiary alicyclic amines) is 1. The summed E-state index contributed by atoms with van der Waals surface area (Å²) in [5.41, 5.74) is 6.22. The van der Waals surface area contributed by atoms with Crippen molar-refractivity contribution >= 4 is 29.7 Å². The number of hydrogen-bond donors (Lipinski definition) is 6. The van der Waals surface area contributed by atoms with E-state index in [1.165, 1.54) is 11.8 Å². The third kappa shape index (κ3) is 7.25. The molecule has 1 aliphatic rings. The number of carboxylic acid groups (broad SMARTS) is 2. The molecule has 0 radical (unpaired) electrons. The first-order chi connectivity index (χ1) is 16.0. The Kier molecular flexibility index (Phi) is 9.51. The van der Waals surface area contributed by atoms with Gasteiger partial charge in [-0.1, -0.05) is 30.3 Å². The van der Waals surface area contributed by atoms with Crippen molar-refractivity contribution in [1.29, 1.82) is 0 Å². The molecule has 2 rings (SSSR count). The largest absolute Gasteiger partial charge is 0.481 e. The molecule has 7 N–H and O–H groups in total. The second-order valence-corrected chi connectivity index (χ2v) is 8.21. The summed E-state index contributed by atoms with van der Waals surface area (Å²) in [6.07, 6.45) is -1.23. The van der Waals surface area contributed by atoms with Gasteiger partial charge in [0.25, 0.3) is 0 Å². The van der Waals surface area contributed by atoms with Gasteiger partial charge in [-0.25, -0.2) is 4.79 Å². The maximum Gasteiger partial charge on any atom is 0.326 e. The third-order valence-electron chi connectivity index (χ3n) is 5.51. The highest BCUT2D eigenvalue weighted by atomic mass is 16.4. The zero-order valence-corrected chi connectivity index (χ0v) is 18.7. The number of rotatable bonds is 11. The van der Waals surface area contributed by atoms with E-state index in [9.17, 15) is 34.2 Å². The normalized spacial score (nSPS) is 18.9. The lowest BCUT2D eigenvalue weighted by Crippen LogP contribution is -2.60. The predicted octanol–water partition coefficient (Wildman–Crippen LogP) is -1.54. The molecule has 1 saturated heterocycles. The molecule has 0 spiro atoms. The van der Waals surface area contributed by atoms with Crippen molar-refractivity contribution < 1.29 is 39.3 Å². The summed E-state index contributed by atoms with van der Waals surface area (Å²) in [4.78, 5) is 62.0. The molecule has 12 heteroatoms. The molecule has 1 aromatic rings. The van der Waals surface area contributed by atoms with Crippen molar-refractivity contribution in [2.24, 2.45) is 5.73 Å². The van der Waals surface area contributed by atoms with Crippen LogP contribution in [0.4, 0.5) is 0 Å². The number of nitrogens with one attached hydrogen (secondary N) is 2. The highest BCUT2D eigenvalue weighted by Crippen LogP contribution is 2.20. The molecule has 186 valence electrons. The second kappa shape index (κ2) is 12.1. The number of carboxylic acids is 2. The van der Waals surface area contributed by atoms with Gasteiger partial charge in [-0.05, 0) is 25.3 Å². The Balaban J connectivity index is 2.22. The van der Waals surface area contributed by atoms with Gasteiger partial charge in [0.2, 0.25) is 17.7 Å². The number of amides is 3. The number of carbonyl (C=O) groups excluding carboxylic acids is 3. The molecule has 1 heterocycles. The van der Waals surface area contributed by atoms with Crippen LogP contribution in [0.5, 0.6) is 0 Å². The number of carbonyl (C=O) groups is 5. The molecule has 0 bridgehead atoms. The Hall–Kier alpha value is -3.51. The smallest absolute Gasteiger partial charge is 0.326 e. The molecule has 34 heavy (non-hydrogen) atoms. The van der Waals surface area contributed by atoms with E-state index in [4.69, 9.17) is 10.8 Å². The standard InChI is InChI=1S/C22H30N4O8/c1-12(27)18(25-19(30)14(23)11-17(28)29)20(31)24-15(10-13-6-3-2-4-7-13)21(32)26-9-5-8-16(26)22(33)34/h2-4,6-7,12,14-16,18,27H,5,8-11,23H2,1H3,(H,24,31)(H,25,30)(H,28,29)(H,33,34). The fraction of sp³-hybridized carbons (Fsp3) is 0.500. The summed E-state index contributed by atoms with van der Waals surface area (Å²) >= 11 is 0. The molecule has 1 aromatic carbocycles. The lowest BCUT2D eigenvalue weighted by atomic mass is 10.0. The van der Waals surface area contributed by atoms with Crippen LogP contribution in [0.2, 0.25) is 0 Å². The highest BCUT2D eigenvalue weighted by Gasteiger charge is 2.39. The van der Waals surface area contributed by atoms with Crippen LogP contribution in [0.3, 0.4) is 0 Å². The fourth-order valence-corrected chi connectivity index (χ4v) is 3.75. The quantitative estimate of drug-likeness (QED) is 0.218. The molecule has 0 saturated carbocycles. The van der Waals surface area contributed by atoms with E-state index in [1.807, 2.05) is 0 Å². The van der Waals surface area contributed by atoms with Crippen LogP contribution < -0.4 is 16.4 Å². The molecule has 12 nitrogen and oxygen atoms in total. The minimum absolute atomic E-state index is 0.0489. The van der Waals surface area contributed by atoms with Gasteiger partial charge < -0.3 is 36.6 Å². The van der Waals surface area contributed by atoms with E-state index in [1.54, 1.807) is 30.3 Å². The van der Waals surface area contributed by atoms with E-state index in [0.29, 0.717) is 18.4 Å². The molecule has 3 amide bonds. The van der Waals surface area contributed by atoms with E-state index in [-0.39, 0.29) is 13.0 Å². The Morgan fingerprint density at radius 2 is 1.74 bits per heavy atom. The number of nitrogens with zero attached hydrogens (tertiary/aromatic N) is 1. The fourth-order valence-electron chi connectivity index (χ4n) is 3.75. The minimum atomic E-state index is -1.52. The molecule has 5 atom stereocenters. The predicted molar refractivity (Wildman–Crippen MR) is 118 cm³/mol. The van der Waals surface area contributed by atoms with Crippen LogP contribution in [-0.4, -0.2) is 86.7 Å². The third-order valence-corrected chi connectivity index (χ3v) is 5.51. The Bertz CT molecular complexity index is 907. The van der Waals surface area contributed by atoms with Gasteiger partial charge in [0.1, 0.15) is 18.1 Å². The summed E-state index contributed by atoms with van der Waals surface area (Å²) in [6, 6.07) is 3.60. The Morgan fingerprint density at radius 1 is 1.09 bits per heavy atom. The first-order valence-electron chi connectivity index (χ1n) is 10.8. The van der Waals surface area contributed by atoms with E-state index in [2.05, 4.69) is 10.6 Å². The molecular weight excluding hydrogens is 448 g/mol. The van der Waals surface area contributed by atoms with Gasteiger partial charge >= 0.3 is 11.9 Å². The first kappa shape index (κ1) is 26.7. The molecule has 5 unspecified atom stereocenters. The number of aliphatic hydroxyl groups excluding tert-OH is 1. The molecule has 0 aromatic heterocycles. The average Bonchev–Trinajstić information content (AvgIpc) is 3.26. The van der Waals surface area contributed by atoms with Crippen molar-refractivity contribution in [2.75, 3.05) is 6.54 Å². The SMILES string of the molecule is CC(O)C(NC(=O)C(N)CC(=O)O)C(=O)NC(Cc1ccccc1)C(=O)N1CCCC1C(=O)O. The van der Waals surface area contributed by atoms with Crippen molar-refractivity contribution in [3.63, 3.8) is 0 Å². The zero-order chi connectivity index (χ0) is 25.4. The average molecular weight is 479 g/mol. The molecular formula is C22H30N4O8. The topological polar surface area (TPSA) is 199 Å². The van der Waals surface area contributed by atoms with Crippen LogP contribution >= 0.6 is 0 Å². The number of benzene rings is 1. The molecule has 0 aliphatic carbocycles. The number of aliphatic carboxylic acids is 2. The van der Waals surface area contributed by atoms with Crippen molar-refractivity contribution in [2.45, 2.75) is 62.9 Å². The van der Waals surface area contributed by atoms with E-state index < -0.39 is 66.4 Å². The maximum absolute atomic E-state index is 13.3. The number of hydrogen-bond acceptors (Lipinski definition) is 7. The van der Waals surface area contributed by atoms with Crippen molar-refractivity contribution in [3.8, 4) is 0 Å². The van der Waals surface area contributed by atoms with Gasteiger partial charge in [0.05, 0.1) is 18.6 Å². The van der Waals surface area contributed by atoms with Gasteiger partial charge in [0, 0.05) is 13.0 Å². The van der Waals surface area contributed by atoms with Gasteiger partial charge in [-0.15, -0.1) is 0 Å². The van der Waals surface area contributed by atoms with Crippen LogP contribution in [0.15, 0.2) is 30.3 Å². The van der Waals surface area contributed by atoms with Gasteiger partial charge in [-0.3, -0.25) is 19.2 Å². The molecule has 1 aliphatic heterocycles. The van der Waals surface area contributed by atoms with E-state index >= 15 is 0 Å². The Labute approximate surface area is 196 Å². The number of aliphatic hydroxyl groups is 1. The number of nitrogens with two attached hydrogens (primary N) is 1. The lowest BCUT2D eigenvalue weighted by molar-refractivity contribution is -0.149.